The first-order valence-corrected chi connectivity index (χ1v) is 10.5. The summed E-state index contributed by atoms with van der Waals surface area (Å²) >= 11 is 0. The lowest BCUT2D eigenvalue weighted by Gasteiger charge is -2.30. The van der Waals surface area contributed by atoms with Gasteiger partial charge in [0.1, 0.15) is 0 Å². The number of nitrogens with zero attached hydrogens (tertiary/aromatic N) is 4. The zero-order valence-corrected chi connectivity index (χ0v) is 15.7. The third-order valence-electron chi connectivity index (χ3n) is 4.51. The average Bonchev–Trinajstić information content (AvgIpc) is 3.15. The molecular formula is C17H24N4O4S. The lowest BCUT2D eigenvalue weighted by Crippen LogP contribution is -2.40. The molecule has 26 heavy (non-hydrogen) atoms. The number of aromatic nitrogens is 3. The van der Waals surface area contributed by atoms with Gasteiger partial charge < -0.3 is 4.74 Å². The molecule has 0 atom stereocenters. The molecule has 2 aromatic heterocycles. The zero-order valence-electron chi connectivity index (χ0n) is 14.9. The maximum atomic E-state index is 12.2. The number of rotatable bonds is 8. The van der Waals surface area contributed by atoms with Crippen LogP contribution in [0.5, 0.6) is 6.08 Å². The molecule has 0 N–H and O–H groups in total. The molecule has 0 amide bonds. The molecule has 142 valence electrons. The molecule has 0 aromatic carbocycles. The van der Waals surface area contributed by atoms with Gasteiger partial charge in [0.25, 0.3) is 0 Å². The molecule has 8 nitrogen and oxygen atoms in total. The quantitative estimate of drug-likeness (QED) is 0.693. The number of hydrogen-bond donors (Lipinski definition) is 0. The molecule has 1 fully saturated rings. The van der Waals surface area contributed by atoms with Crippen molar-refractivity contribution in [2.75, 3.05) is 25.4 Å². The van der Waals surface area contributed by atoms with Crippen LogP contribution in [0.1, 0.15) is 32.6 Å². The number of ether oxygens (including phenoxy) is 1. The van der Waals surface area contributed by atoms with Gasteiger partial charge in [0.15, 0.2) is 0 Å². The van der Waals surface area contributed by atoms with Crippen LogP contribution in [-0.4, -0.2) is 53.3 Å². The summed E-state index contributed by atoms with van der Waals surface area (Å²) in [6, 6.07) is 3.59. The first kappa shape index (κ1) is 18.8. The Morgan fingerprint density at radius 2 is 2.00 bits per heavy atom. The van der Waals surface area contributed by atoms with Crippen molar-refractivity contribution in [1.29, 1.82) is 0 Å². The second kappa shape index (κ2) is 8.59. The van der Waals surface area contributed by atoms with Gasteiger partial charge in [-0.15, -0.1) is 0 Å². The van der Waals surface area contributed by atoms with Crippen LogP contribution in [0, 0.1) is 5.92 Å². The van der Waals surface area contributed by atoms with Crippen molar-refractivity contribution >= 4 is 10.0 Å². The summed E-state index contributed by atoms with van der Waals surface area (Å²) < 4.78 is 36.8. The van der Waals surface area contributed by atoms with E-state index in [1.807, 2.05) is 6.92 Å². The fourth-order valence-electron chi connectivity index (χ4n) is 2.89. The van der Waals surface area contributed by atoms with Gasteiger partial charge >= 0.3 is 6.08 Å². The predicted octanol–water partition coefficient (Wildman–Crippen LogP) is 2.35. The first-order valence-electron chi connectivity index (χ1n) is 8.93. The summed E-state index contributed by atoms with van der Waals surface area (Å²) in [5, 5.41) is 3.90. The van der Waals surface area contributed by atoms with Crippen LogP contribution in [0.4, 0.5) is 0 Å². The molecule has 3 heterocycles. The molecule has 1 saturated heterocycles. The molecule has 0 radical (unpaired) electrons. The van der Waals surface area contributed by atoms with E-state index in [0.29, 0.717) is 31.9 Å². The van der Waals surface area contributed by atoms with E-state index >= 15 is 0 Å². The Bertz CT molecular complexity index is 786. The molecule has 1 aliphatic rings. The van der Waals surface area contributed by atoms with E-state index in [-0.39, 0.29) is 17.7 Å². The lowest BCUT2D eigenvalue weighted by molar-refractivity contribution is 0.141. The molecule has 0 saturated carbocycles. The minimum atomic E-state index is -3.12. The van der Waals surface area contributed by atoms with Crippen LogP contribution in [-0.2, 0) is 10.0 Å². The van der Waals surface area contributed by atoms with Crippen LogP contribution in [0.25, 0.3) is 11.4 Å². The van der Waals surface area contributed by atoms with Gasteiger partial charge in [0.2, 0.25) is 15.8 Å². The van der Waals surface area contributed by atoms with Crippen LogP contribution in [0.3, 0.4) is 0 Å². The van der Waals surface area contributed by atoms with Crippen molar-refractivity contribution in [2.45, 2.75) is 32.6 Å². The standard InChI is InChI=1S/C17H24N4O4S/c1-2-3-12-26(22,23)21-10-6-14(7-11-21)13-24-17-19-16(20-25-17)15-4-8-18-9-5-15/h4-5,8-9,14H,2-3,6-7,10-13H2,1H3. The normalized spacial score (nSPS) is 16.7. The Kier molecular flexibility index (Phi) is 6.20. The number of unbranched alkanes of at least 4 members (excludes halogenated alkanes) is 1. The second-order valence-electron chi connectivity index (χ2n) is 6.44. The Hall–Kier alpha value is -2.00. The molecule has 0 spiro atoms. The Morgan fingerprint density at radius 3 is 2.69 bits per heavy atom. The van der Waals surface area contributed by atoms with Gasteiger partial charge in [-0.3, -0.25) is 9.51 Å². The number of piperidine rings is 1. The molecule has 9 heteroatoms. The Labute approximate surface area is 153 Å². The lowest BCUT2D eigenvalue weighted by atomic mass is 9.99. The molecule has 0 bridgehead atoms. The minimum absolute atomic E-state index is 0.134. The van der Waals surface area contributed by atoms with Gasteiger partial charge in [-0.2, -0.15) is 4.98 Å². The predicted molar refractivity (Wildman–Crippen MR) is 96.0 cm³/mol. The highest BCUT2D eigenvalue weighted by molar-refractivity contribution is 7.89. The zero-order chi connectivity index (χ0) is 18.4. The van der Waals surface area contributed by atoms with Gasteiger partial charge in [0.05, 0.1) is 12.4 Å². The summed E-state index contributed by atoms with van der Waals surface area (Å²) in [5.74, 6) is 0.980. The van der Waals surface area contributed by atoms with E-state index in [4.69, 9.17) is 9.26 Å². The molecule has 0 unspecified atom stereocenters. The summed E-state index contributed by atoms with van der Waals surface area (Å²) in [6.45, 7) is 3.54. The monoisotopic (exact) mass is 380 g/mol. The van der Waals surface area contributed by atoms with E-state index < -0.39 is 10.0 Å². The third-order valence-corrected chi connectivity index (χ3v) is 6.47. The van der Waals surface area contributed by atoms with Gasteiger partial charge in [-0.05, 0) is 37.3 Å². The van der Waals surface area contributed by atoms with Crippen molar-refractivity contribution in [2.24, 2.45) is 5.92 Å². The average molecular weight is 380 g/mol. The van der Waals surface area contributed by atoms with E-state index in [1.54, 1.807) is 28.8 Å². The highest BCUT2D eigenvalue weighted by Crippen LogP contribution is 2.22. The number of sulfonamides is 1. The van der Waals surface area contributed by atoms with E-state index in [0.717, 1.165) is 24.8 Å². The molecule has 3 rings (SSSR count). The van der Waals surface area contributed by atoms with Gasteiger partial charge in [-0.25, -0.2) is 12.7 Å². The number of hydrogen-bond acceptors (Lipinski definition) is 7. The van der Waals surface area contributed by atoms with Gasteiger partial charge in [-0.1, -0.05) is 18.5 Å². The SMILES string of the molecule is CCCCS(=O)(=O)N1CCC(COc2nc(-c3ccncc3)no2)CC1. The van der Waals surface area contributed by atoms with Crippen molar-refractivity contribution in [1.82, 2.24) is 19.4 Å². The summed E-state index contributed by atoms with van der Waals surface area (Å²) in [6.07, 6.45) is 6.60. The van der Waals surface area contributed by atoms with E-state index in [2.05, 4.69) is 15.1 Å². The fourth-order valence-corrected chi connectivity index (χ4v) is 4.56. The van der Waals surface area contributed by atoms with E-state index in [1.165, 1.54) is 0 Å². The summed E-state index contributed by atoms with van der Waals surface area (Å²) in [4.78, 5) is 8.17. The van der Waals surface area contributed by atoms with Crippen LogP contribution >= 0.6 is 0 Å². The van der Waals surface area contributed by atoms with Crippen molar-refractivity contribution in [3.8, 4) is 17.5 Å². The summed E-state index contributed by atoms with van der Waals surface area (Å²) in [7, 11) is -3.12. The van der Waals surface area contributed by atoms with Crippen LogP contribution in [0.15, 0.2) is 29.0 Å². The molecule has 1 aliphatic heterocycles. The van der Waals surface area contributed by atoms with Crippen LogP contribution < -0.4 is 4.74 Å². The maximum absolute atomic E-state index is 12.2. The Balaban J connectivity index is 1.46. The topological polar surface area (TPSA) is 98.4 Å². The Morgan fingerprint density at radius 1 is 1.27 bits per heavy atom. The number of pyridine rings is 1. The van der Waals surface area contributed by atoms with Crippen LogP contribution in [0.2, 0.25) is 0 Å². The summed E-state index contributed by atoms with van der Waals surface area (Å²) in [5.41, 5.74) is 0.809. The molecule has 2 aromatic rings. The van der Waals surface area contributed by atoms with Gasteiger partial charge in [0, 0.05) is 31.0 Å². The third kappa shape index (κ3) is 4.79. The highest BCUT2D eigenvalue weighted by atomic mass is 32.2. The maximum Gasteiger partial charge on any atom is 0.417 e. The second-order valence-corrected chi connectivity index (χ2v) is 8.53. The largest absolute Gasteiger partial charge is 0.449 e. The van der Waals surface area contributed by atoms with Crippen molar-refractivity contribution in [3.63, 3.8) is 0 Å². The van der Waals surface area contributed by atoms with Crippen molar-refractivity contribution < 1.29 is 17.7 Å². The minimum Gasteiger partial charge on any atom is -0.449 e. The molecular weight excluding hydrogens is 356 g/mol. The van der Waals surface area contributed by atoms with E-state index in [9.17, 15) is 8.42 Å². The van der Waals surface area contributed by atoms with Crippen molar-refractivity contribution in [3.05, 3.63) is 24.5 Å². The molecule has 0 aliphatic carbocycles. The fraction of sp³-hybridized carbons (Fsp3) is 0.588. The first-order chi connectivity index (χ1) is 12.6. The smallest absolute Gasteiger partial charge is 0.417 e. The highest BCUT2D eigenvalue weighted by Gasteiger charge is 2.28.